The smallest absolute Gasteiger partial charge is 0.305 e. The summed E-state index contributed by atoms with van der Waals surface area (Å²) in [5.41, 5.74) is 0. The number of carbonyl (C=O) groups excluding carboxylic acids is 4. The van der Waals surface area contributed by atoms with E-state index in [1.165, 1.54) is 34.8 Å². The highest BCUT2D eigenvalue weighted by Gasteiger charge is 2.50. The lowest BCUT2D eigenvalue weighted by Gasteiger charge is -2.44. The van der Waals surface area contributed by atoms with Crippen LogP contribution in [-0.2, 0) is 42.9 Å². The lowest BCUT2D eigenvalue weighted by Crippen LogP contribution is -2.66. The summed E-state index contributed by atoms with van der Waals surface area (Å²) in [7, 11) is 1.35. The molecule has 0 bridgehead atoms. The van der Waals surface area contributed by atoms with Crippen LogP contribution < -0.4 is 5.32 Å². The molecule has 0 aromatic carbocycles. The van der Waals surface area contributed by atoms with E-state index in [2.05, 4.69) is 5.32 Å². The summed E-state index contributed by atoms with van der Waals surface area (Å²) in [6.45, 7) is 4.61. The molecule has 1 heterocycles. The molecule has 0 aliphatic carbocycles. The molecule has 1 fully saturated rings. The van der Waals surface area contributed by atoms with Crippen LogP contribution in [0.2, 0.25) is 0 Å². The van der Waals surface area contributed by atoms with Crippen molar-refractivity contribution in [2.24, 2.45) is 0 Å². The van der Waals surface area contributed by atoms with Crippen LogP contribution in [-0.4, -0.2) is 68.2 Å². The first-order valence-electron chi connectivity index (χ1n) is 7.58. The Morgan fingerprint density at radius 1 is 0.920 bits per heavy atom. The van der Waals surface area contributed by atoms with Crippen molar-refractivity contribution in [3.8, 4) is 0 Å². The van der Waals surface area contributed by atoms with Gasteiger partial charge in [-0.2, -0.15) is 0 Å². The Balaban J connectivity index is 3.16. The van der Waals surface area contributed by atoms with Crippen LogP contribution in [0.15, 0.2) is 0 Å². The first-order valence-corrected chi connectivity index (χ1v) is 7.58. The molecule has 1 rings (SSSR count). The summed E-state index contributed by atoms with van der Waals surface area (Å²) in [5, 5.41) is 2.54. The maximum absolute atomic E-state index is 11.5. The molecule has 0 aromatic rings. The second-order valence-electron chi connectivity index (χ2n) is 5.46. The van der Waals surface area contributed by atoms with Gasteiger partial charge in [0, 0.05) is 34.8 Å². The fraction of sp³-hybridized carbons (Fsp3) is 0.733. The third-order valence-corrected chi connectivity index (χ3v) is 3.32. The van der Waals surface area contributed by atoms with E-state index in [9.17, 15) is 19.2 Å². The summed E-state index contributed by atoms with van der Waals surface area (Å²) < 4.78 is 26.2. The third kappa shape index (κ3) is 6.31. The van der Waals surface area contributed by atoms with E-state index in [-0.39, 0.29) is 6.61 Å². The van der Waals surface area contributed by atoms with Gasteiger partial charge in [0.05, 0.1) is 0 Å². The standard InChI is InChI=1S/C15H23NO9/c1-7(17)16-12-14(23-9(3)19)13(21-5)11(6-22-8(2)18)25-15(12)24-10(4)20/h11-15H,6H2,1-5H3,(H,16,17)/t11?,12?,13-,14-,15?/m1/s1. The van der Waals surface area contributed by atoms with Crippen molar-refractivity contribution in [1.82, 2.24) is 5.32 Å². The van der Waals surface area contributed by atoms with Gasteiger partial charge in [-0.25, -0.2) is 0 Å². The first kappa shape index (κ1) is 20.8. The molecule has 10 nitrogen and oxygen atoms in total. The Morgan fingerprint density at radius 3 is 1.96 bits per heavy atom. The van der Waals surface area contributed by atoms with Crippen LogP contribution in [0.4, 0.5) is 0 Å². The van der Waals surface area contributed by atoms with E-state index in [0.29, 0.717) is 0 Å². The van der Waals surface area contributed by atoms with Gasteiger partial charge in [0.15, 0.2) is 6.10 Å². The van der Waals surface area contributed by atoms with Gasteiger partial charge in [-0.1, -0.05) is 0 Å². The van der Waals surface area contributed by atoms with Crippen molar-refractivity contribution in [2.45, 2.75) is 58.3 Å². The molecule has 25 heavy (non-hydrogen) atoms. The Morgan fingerprint density at radius 2 is 1.52 bits per heavy atom. The van der Waals surface area contributed by atoms with Crippen molar-refractivity contribution >= 4 is 23.8 Å². The quantitative estimate of drug-likeness (QED) is 0.482. The maximum atomic E-state index is 11.5. The van der Waals surface area contributed by atoms with Crippen LogP contribution in [0.3, 0.4) is 0 Å². The minimum Gasteiger partial charge on any atom is -0.463 e. The second kappa shape index (κ2) is 9.33. The highest BCUT2D eigenvalue weighted by Crippen LogP contribution is 2.27. The molecule has 0 aromatic heterocycles. The molecule has 5 atom stereocenters. The summed E-state index contributed by atoms with van der Waals surface area (Å²) in [5.74, 6) is -2.28. The van der Waals surface area contributed by atoms with Gasteiger partial charge in [-0.05, 0) is 0 Å². The fourth-order valence-electron chi connectivity index (χ4n) is 2.51. The van der Waals surface area contributed by atoms with Gasteiger partial charge in [0.1, 0.15) is 24.9 Å². The number of hydrogen-bond acceptors (Lipinski definition) is 9. The topological polar surface area (TPSA) is 126 Å². The SMILES string of the molecule is CO[C@@H]1C(COC(C)=O)OC(OC(C)=O)C(NC(C)=O)[C@H]1OC(C)=O. The van der Waals surface area contributed by atoms with Crippen LogP contribution in [0.5, 0.6) is 0 Å². The fourth-order valence-corrected chi connectivity index (χ4v) is 2.51. The molecule has 10 heteroatoms. The lowest BCUT2D eigenvalue weighted by molar-refractivity contribution is -0.271. The van der Waals surface area contributed by atoms with Gasteiger partial charge in [-0.3, -0.25) is 19.2 Å². The minimum atomic E-state index is -1.25. The first-order chi connectivity index (χ1) is 11.6. The van der Waals surface area contributed by atoms with Crippen LogP contribution >= 0.6 is 0 Å². The molecule has 1 N–H and O–H groups in total. The van der Waals surface area contributed by atoms with Gasteiger partial charge in [-0.15, -0.1) is 0 Å². The normalized spacial score (nSPS) is 28.6. The number of rotatable bonds is 6. The molecule has 1 saturated heterocycles. The molecule has 0 radical (unpaired) electrons. The van der Waals surface area contributed by atoms with Crippen LogP contribution in [0.25, 0.3) is 0 Å². The van der Waals surface area contributed by atoms with Crippen LogP contribution in [0.1, 0.15) is 27.7 Å². The van der Waals surface area contributed by atoms with E-state index < -0.39 is 54.5 Å². The van der Waals surface area contributed by atoms with E-state index in [0.717, 1.165) is 0 Å². The molecule has 0 saturated carbocycles. The average molecular weight is 361 g/mol. The summed E-state index contributed by atoms with van der Waals surface area (Å²) in [6, 6.07) is -0.996. The second-order valence-corrected chi connectivity index (χ2v) is 5.46. The zero-order valence-electron chi connectivity index (χ0n) is 14.8. The molecule has 3 unspecified atom stereocenters. The zero-order valence-corrected chi connectivity index (χ0v) is 14.8. The number of nitrogens with one attached hydrogen (secondary N) is 1. The molecule has 0 spiro atoms. The molecular weight excluding hydrogens is 338 g/mol. The number of ether oxygens (including phenoxy) is 5. The average Bonchev–Trinajstić information content (AvgIpc) is 2.47. The Labute approximate surface area is 145 Å². The Hall–Kier alpha value is -2.20. The van der Waals surface area contributed by atoms with Crippen LogP contribution in [0, 0.1) is 0 Å². The van der Waals surface area contributed by atoms with Crippen molar-refractivity contribution < 1.29 is 42.9 Å². The van der Waals surface area contributed by atoms with Gasteiger partial charge >= 0.3 is 17.9 Å². The predicted molar refractivity (Wildman–Crippen MR) is 81.0 cm³/mol. The molecule has 1 amide bonds. The highest BCUT2D eigenvalue weighted by atomic mass is 16.7. The molecule has 1 aliphatic rings. The summed E-state index contributed by atoms with van der Waals surface area (Å²) in [6.07, 6.45) is -4.03. The van der Waals surface area contributed by atoms with E-state index >= 15 is 0 Å². The van der Waals surface area contributed by atoms with E-state index in [4.69, 9.17) is 23.7 Å². The number of hydrogen-bond donors (Lipinski definition) is 1. The molecular formula is C15H23NO9. The van der Waals surface area contributed by atoms with E-state index in [1.54, 1.807) is 0 Å². The largest absolute Gasteiger partial charge is 0.463 e. The number of esters is 3. The number of methoxy groups -OCH3 is 1. The predicted octanol–water partition coefficient (Wildman–Crippen LogP) is -0.711. The van der Waals surface area contributed by atoms with Crippen molar-refractivity contribution in [1.29, 1.82) is 0 Å². The number of amides is 1. The van der Waals surface area contributed by atoms with E-state index in [1.807, 2.05) is 0 Å². The van der Waals surface area contributed by atoms with Gasteiger partial charge in [0.2, 0.25) is 12.2 Å². The van der Waals surface area contributed by atoms with Crippen molar-refractivity contribution in [3.05, 3.63) is 0 Å². The summed E-state index contributed by atoms with van der Waals surface area (Å²) in [4.78, 5) is 45.4. The number of carbonyl (C=O) groups is 4. The Kier molecular flexibility index (Phi) is 7.78. The Bertz CT molecular complexity index is 521. The van der Waals surface area contributed by atoms with Crippen molar-refractivity contribution in [2.75, 3.05) is 13.7 Å². The lowest BCUT2D eigenvalue weighted by atomic mass is 9.96. The highest BCUT2D eigenvalue weighted by molar-refractivity contribution is 5.74. The monoisotopic (exact) mass is 361 g/mol. The summed E-state index contributed by atoms with van der Waals surface area (Å²) >= 11 is 0. The third-order valence-electron chi connectivity index (χ3n) is 3.32. The zero-order chi connectivity index (χ0) is 19.1. The van der Waals surface area contributed by atoms with Gasteiger partial charge in [0.25, 0.3) is 0 Å². The van der Waals surface area contributed by atoms with Gasteiger partial charge < -0.3 is 29.0 Å². The maximum Gasteiger partial charge on any atom is 0.305 e. The van der Waals surface area contributed by atoms with Crippen molar-refractivity contribution in [3.63, 3.8) is 0 Å². The molecule has 142 valence electrons. The molecule has 1 aliphatic heterocycles. The minimum absolute atomic E-state index is 0.212.